The molecule has 120 valence electrons. The van der Waals surface area contributed by atoms with Crippen molar-refractivity contribution < 1.29 is 8.42 Å². The van der Waals surface area contributed by atoms with Crippen molar-refractivity contribution in [3.8, 4) is 6.07 Å². The molecule has 1 aromatic carbocycles. The van der Waals surface area contributed by atoms with E-state index >= 15 is 0 Å². The predicted molar refractivity (Wildman–Crippen MR) is 83.9 cm³/mol. The Bertz CT molecular complexity index is 835. The van der Waals surface area contributed by atoms with E-state index in [1.54, 1.807) is 12.4 Å². The Balaban J connectivity index is 1.99. The van der Waals surface area contributed by atoms with Crippen LogP contribution in [0.4, 0.5) is 0 Å². The van der Waals surface area contributed by atoms with Crippen LogP contribution in [-0.2, 0) is 17.1 Å². The average molecular weight is 331 g/mol. The standard InChI is InChI=1S/C15H17N5O2S/c1-19-8-7-18-15(19)14-11-17-6-9-20(14)23(21,22)13-4-2-12(10-16)3-5-13/h2-5,7-8,14,17H,6,9,11H2,1H3. The number of hydrogen-bond donors (Lipinski definition) is 1. The summed E-state index contributed by atoms with van der Waals surface area (Å²) in [6.07, 6.45) is 3.47. The molecule has 23 heavy (non-hydrogen) atoms. The van der Waals surface area contributed by atoms with Crippen LogP contribution in [-0.4, -0.2) is 41.9 Å². The lowest BCUT2D eigenvalue weighted by atomic mass is 10.2. The fourth-order valence-electron chi connectivity index (χ4n) is 2.73. The second-order valence-electron chi connectivity index (χ2n) is 5.37. The zero-order valence-corrected chi connectivity index (χ0v) is 13.5. The molecule has 1 saturated heterocycles. The topological polar surface area (TPSA) is 91.0 Å². The zero-order valence-electron chi connectivity index (χ0n) is 12.7. The summed E-state index contributed by atoms with van der Waals surface area (Å²) in [4.78, 5) is 4.49. The highest BCUT2D eigenvalue weighted by Gasteiger charge is 2.36. The summed E-state index contributed by atoms with van der Waals surface area (Å²) in [5, 5.41) is 12.1. The van der Waals surface area contributed by atoms with Gasteiger partial charge in [0.25, 0.3) is 0 Å². The van der Waals surface area contributed by atoms with Gasteiger partial charge >= 0.3 is 0 Å². The van der Waals surface area contributed by atoms with Gasteiger partial charge in [-0.3, -0.25) is 0 Å². The van der Waals surface area contributed by atoms with Gasteiger partial charge in [0.2, 0.25) is 10.0 Å². The molecule has 0 amide bonds. The first-order valence-corrected chi connectivity index (χ1v) is 8.68. The molecule has 1 aliphatic rings. The smallest absolute Gasteiger partial charge is 0.243 e. The summed E-state index contributed by atoms with van der Waals surface area (Å²) in [7, 11) is -1.80. The number of imidazole rings is 1. The Labute approximate surface area is 135 Å². The normalized spacial score (nSPS) is 19.4. The quantitative estimate of drug-likeness (QED) is 0.890. The molecule has 7 nitrogen and oxygen atoms in total. The number of aryl methyl sites for hydroxylation is 1. The molecule has 0 aliphatic carbocycles. The van der Waals surface area contributed by atoms with Crippen LogP contribution in [0.3, 0.4) is 0 Å². The maximum absolute atomic E-state index is 13.0. The summed E-state index contributed by atoms with van der Waals surface area (Å²) in [5.74, 6) is 0.703. The Morgan fingerprint density at radius 2 is 2.09 bits per heavy atom. The van der Waals surface area contributed by atoms with Crippen molar-refractivity contribution in [2.75, 3.05) is 19.6 Å². The summed E-state index contributed by atoms with van der Waals surface area (Å²) in [6.45, 7) is 1.48. The van der Waals surface area contributed by atoms with Crippen LogP contribution < -0.4 is 5.32 Å². The molecular weight excluding hydrogens is 314 g/mol. The lowest BCUT2D eigenvalue weighted by Crippen LogP contribution is -2.49. The Kier molecular flexibility index (Phi) is 4.17. The lowest BCUT2D eigenvalue weighted by Gasteiger charge is -2.34. The Morgan fingerprint density at radius 3 is 2.70 bits per heavy atom. The molecule has 0 bridgehead atoms. The number of nitrogens with one attached hydrogen (secondary N) is 1. The van der Waals surface area contributed by atoms with E-state index in [9.17, 15) is 8.42 Å². The van der Waals surface area contributed by atoms with E-state index in [0.717, 1.165) is 0 Å². The van der Waals surface area contributed by atoms with Crippen molar-refractivity contribution in [3.63, 3.8) is 0 Å². The fourth-order valence-corrected chi connectivity index (χ4v) is 4.31. The van der Waals surface area contributed by atoms with Gasteiger partial charge in [0.15, 0.2) is 0 Å². The molecule has 1 atom stereocenters. The van der Waals surface area contributed by atoms with E-state index in [2.05, 4.69) is 10.3 Å². The molecular formula is C15H17N5O2S. The maximum atomic E-state index is 13.0. The van der Waals surface area contributed by atoms with Crippen LogP contribution in [0, 0.1) is 11.3 Å². The van der Waals surface area contributed by atoms with Crippen LogP contribution in [0.1, 0.15) is 17.4 Å². The van der Waals surface area contributed by atoms with E-state index in [4.69, 9.17) is 5.26 Å². The number of rotatable bonds is 3. The zero-order chi connectivity index (χ0) is 16.4. The second-order valence-corrected chi connectivity index (χ2v) is 7.26. The number of benzene rings is 1. The third kappa shape index (κ3) is 2.86. The largest absolute Gasteiger partial charge is 0.337 e. The summed E-state index contributed by atoms with van der Waals surface area (Å²) in [6, 6.07) is 7.63. The highest BCUT2D eigenvalue weighted by Crippen LogP contribution is 2.27. The van der Waals surface area contributed by atoms with Crippen molar-refractivity contribution in [1.82, 2.24) is 19.2 Å². The number of hydrogen-bond acceptors (Lipinski definition) is 5. The van der Waals surface area contributed by atoms with Gasteiger partial charge in [-0.25, -0.2) is 13.4 Å². The van der Waals surface area contributed by atoms with E-state index < -0.39 is 10.0 Å². The van der Waals surface area contributed by atoms with Crippen molar-refractivity contribution in [1.29, 1.82) is 5.26 Å². The first kappa shape index (κ1) is 15.7. The maximum Gasteiger partial charge on any atom is 0.243 e. The van der Waals surface area contributed by atoms with E-state index in [-0.39, 0.29) is 10.9 Å². The first-order valence-electron chi connectivity index (χ1n) is 7.24. The minimum Gasteiger partial charge on any atom is -0.337 e. The third-order valence-corrected chi connectivity index (χ3v) is 5.86. The number of nitrogens with zero attached hydrogens (tertiary/aromatic N) is 4. The molecule has 1 aromatic heterocycles. The van der Waals surface area contributed by atoms with Crippen LogP contribution in [0.15, 0.2) is 41.6 Å². The number of nitriles is 1. The molecule has 1 aliphatic heterocycles. The van der Waals surface area contributed by atoms with Crippen LogP contribution in [0.5, 0.6) is 0 Å². The lowest BCUT2D eigenvalue weighted by molar-refractivity contribution is 0.258. The average Bonchev–Trinajstić information content (AvgIpc) is 3.01. The van der Waals surface area contributed by atoms with Gasteiger partial charge < -0.3 is 9.88 Å². The Hall–Kier alpha value is -2.21. The molecule has 1 N–H and O–H groups in total. The van der Waals surface area contributed by atoms with E-state index in [1.807, 2.05) is 17.7 Å². The summed E-state index contributed by atoms with van der Waals surface area (Å²) in [5.41, 5.74) is 0.435. The highest BCUT2D eigenvalue weighted by atomic mass is 32.2. The van der Waals surface area contributed by atoms with Gasteiger partial charge in [-0.05, 0) is 24.3 Å². The van der Waals surface area contributed by atoms with E-state index in [0.29, 0.717) is 31.0 Å². The highest BCUT2D eigenvalue weighted by molar-refractivity contribution is 7.89. The van der Waals surface area contributed by atoms with E-state index in [1.165, 1.54) is 28.6 Å². The van der Waals surface area contributed by atoms with Gasteiger partial charge in [0.05, 0.1) is 22.6 Å². The van der Waals surface area contributed by atoms with Gasteiger partial charge in [0.1, 0.15) is 5.82 Å². The number of aromatic nitrogens is 2. The SMILES string of the molecule is Cn1ccnc1C1CNCCN1S(=O)(=O)c1ccc(C#N)cc1. The van der Waals surface area contributed by atoms with Crippen molar-refractivity contribution >= 4 is 10.0 Å². The predicted octanol–water partition coefficient (Wildman–Crippen LogP) is 0.627. The molecule has 0 radical (unpaired) electrons. The van der Waals surface area contributed by atoms with Crippen molar-refractivity contribution in [3.05, 3.63) is 48.0 Å². The molecule has 8 heteroatoms. The minimum atomic E-state index is -3.65. The van der Waals surface area contributed by atoms with Crippen LogP contribution in [0.25, 0.3) is 0 Å². The molecule has 2 heterocycles. The molecule has 0 saturated carbocycles. The monoisotopic (exact) mass is 331 g/mol. The summed E-state index contributed by atoms with van der Waals surface area (Å²) < 4.78 is 29.3. The summed E-state index contributed by atoms with van der Waals surface area (Å²) >= 11 is 0. The van der Waals surface area contributed by atoms with Gasteiger partial charge in [-0.2, -0.15) is 9.57 Å². The minimum absolute atomic E-state index is 0.192. The number of piperazine rings is 1. The molecule has 3 rings (SSSR count). The Morgan fingerprint density at radius 1 is 1.35 bits per heavy atom. The van der Waals surface area contributed by atoms with Crippen molar-refractivity contribution in [2.24, 2.45) is 7.05 Å². The molecule has 2 aromatic rings. The second kappa shape index (κ2) is 6.12. The van der Waals surface area contributed by atoms with Gasteiger partial charge in [-0.1, -0.05) is 0 Å². The van der Waals surface area contributed by atoms with Crippen LogP contribution >= 0.6 is 0 Å². The molecule has 1 unspecified atom stereocenters. The number of sulfonamides is 1. The third-order valence-electron chi connectivity index (χ3n) is 3.94. The van der Waals surface area contributed by atoms with Crippen molar-refractivity contribution in [2.45, 2.75) is 10.9 Å². The van der Waals surface area contributed by atoms with Gasteiger partial charge in [0, 0.05) is 39.1 Å². The van der Waals surface area contributed by atoms with Crippen LogP contribution in [0.2, 0.25) is 0 Å². The van der Waals surface area contributed by atoms with Gasteiger partial charge in [-0.15, -0.1) is 0 Å². The first-order chi connectivity index (χ1) is 11.0. The molecule has 1 fully saturated rings. The fraction of sp³-hybridized carbons (Fsp3) is 0.333. The molecule has 0 spiro atoms.